The lowest BCUT2D eigenvalue weighted by Crippen LogP contribution is -2.18. The van der Waals surface area contributed by atoms with E-state index in [9.17, 15) is 0 Å². The van der Waals surface area contributed by atoms with Gasteiger partial charge in [-0.1, -0.05) is 11.6 Å². The Kier molecular flexibility index (Phi) is 3.74. The molecular weight excluding hydrogens is 304 g/mol. The van der Waals surface area contributed by atoms with Crippen LogP contribution in [0.15, 0.2) is 33.5 Å². The summed E-state index contributed by atoms with van der Waals surface area (Å²) in [6.45, 7) is 2.70. The summed E-state index contributed by atoms with van der Waals surface area (Å²) in [6.07, 6.45) is 3.34. The number of halogens is 2. The average molecular weight is 316 g/mol. The highest BCUT2D eigenvalue weighted by Crippen LogP contribution is 2.27. The first kappa shape index (κ1) is 12.5. The Morgan fingerprint density at radius 1 is 1.53 bits per heavy atom. The van der Waals surface area contributed by atoms with Crippen LogP contribution in [0.4, 0.5) is 5.82 Å². The summed E-state index contributed by atoms with van der Waals surface area (Å²) in [4.78, 5) is 6.34. The number of anilines is 1. The van der Waals surface area contributed by atoms with E-state index in [1.807, 2.05) is 31.0 Å². The molecule has 17 heavy (non-hydrogen) atoms. The van der Waals surface area contributed by atoms with E-state index >= 15 is 0 Å². The molecule has 2 aromatic heterocycles. The molecule has 0 fully saturated rings. The number of aromatic nitrogens is 1. The first-order chi connectivity index (χ1) is 8.08. The second-order valence-corrected chi connectivity index (χ2v) is 5.11. The van der Waals surface area contributed by atoms with Crippen LogP contribution in [-0.2, 0) is 6.54 Å². The molecule has 5 heteroatoms. The number of nitrogens with zero attached hydrogens (tertiary/aromatic N) is 2. The van der Waals surface area contributed by atoms with Crippen molar-refractivity contribution in [2.24, 2.45) is 0 Å². The largest absolute Gasteiger partial charge is 0.469 e. The Balaban J connectivity index is 2.20. The van der Waals surface area contributed by atoms with Crippen LogP contribution in [0.3, 0.4) is 0 Å². The smallest absolute Gasteiger partial charge is 0.143 e. The second-order valence-electron chi connectivity index (χ2n) is 3.82. The van der Waals surface area contributed by atoms with Gasteiger partial charge in [-0.15, -0.1) is 0 Å². The van der Waals surface area contributed by atoms with Gasteiger partial charge in [-0.05, 0) is 35.0 Å². The van der Waals surface area contributed by atoms with Gasteiger partial charge in [0, 0.05) is 25.4 Å². The van der Waals surface area contributed by atoms with Crippen molar-refractivity contribution in [3.63, 3.8) is 0 Å². The van der Waals surface area contributed by atoms with Gasteiger partial charge < -0.3 is 9.32 Å². The van der Waals surface area contributed by atoms with E-state index in [0.717, 1.165) is 28.2 Å². The van der Waals surface area contributed by atoms with E-state index in [0.29, 0.717) is 5.02 Å². The van der Waals surface area contributed by atoms with E-state index in [2.05, 4.69) is 20.9 Å². The third kappa shape index (κ3) is 2.82. The summed E-state index contributed by atoms with van der Waals surface area (Å²) in [6, 6.07) is 3.80. The number of rotatable bonds is 3. The quantitative estimate of drug-likeness (QED) is 0.856. The van der Waals surface area contributed by atoms with Gasteiger partial charge in [0.05, 0.1) is 15.8 Å². The van der Waals surface area contributed by atoms with Gasteiger partial charge in [0.25, 0.3) is 0 Å². The molecule has 0 atom stereocenters. The molecule has 0 radical (unpaired) electrons. The third-order valence-corrected chi connectivity index (χ3v) is 3.31. The molecule has 0 bridgehead atoms. The molecule has 0 saturated carbocycles. The molecule has 0 aliphatic carbocycles. The number of hydrogen-bond donors (Lipinski definition) is 0. The first-order valence-corrected chi connectivity index (χ1v) is 6.30. The van der Waals surface area contributed by atoms with Crippen molar-refractivity contribution in [2.75, 3.05) is 11.9 Å². The fourth-order valence-electron chi connectivity index (χ4n) is 1.59. The molecule has 0 saturated heterocycles. The Labute approximate surface area is 114 Å². The van der Waals surface area contributed by atoms with E-state index < -0.39 is 0 Å². The average Bonchev–Trinajstić information content (AvgIpc) is 2.64. The highest BCUT2D eigenvalue weighted by Gasteiger charge is 2.10. The van der Waals surface area contributed by atoms with Gasteiger partial charge in [0.2, 0.25) is 0 Å². The minimum atomic E-state index is 0.619. The Bertz CT molecular complexity index is 527. The Morgan fingerprint density at radius 3 is 2.88 bits per heavy atom. The lowest BCUT2D eigenvalue weighted by atomic mass is 10.2. The Morgan fingerprint density at radius 2 is 2.29 bits per heavy atom. The van der Waals surface area contributed by atoms with Crippen LogP contribution in [0.5, 0.6) is 0 Å². The Hall–Kier alpha value is -1.00. The zero-order chi connectivity index (χ0) is 12.4. The predicted molar refractivity (Wildman–Crippen MR) is 72.5 cm³/mol. The minimum Gasteiger partial charge on any atom is -0.469 e. The SMILES string of the molecule is Cc1occc1CN(C)c1ncc(Cl)cc1Br. The summed E-state index contributed by atoms with van der Waals surface area (Å²) in [5.74, 6) is 1.79. The number of pyridine rings is 1. The normalized spacial score (nSPS) is 10.6. The summed E-state index contributed by atoms with van der Waals surface area (Å²) in [7, 11) is 1.98. The molecule has 0 amide bonds. The van der Waals surface area contributed by atoms with Gasteiger partial charge >= 0.3 is 0 Å². The van der Waals surface area contributed by atoms with Crippen molar-refractivity contribution in [3.8, 4) is 0 Å². The van der Waals surface area contributed by atoms with Crippen molar-refractivity contribution in [1.82, 2.24) is 4.98 Å². The fraction of sp³-hybridized carbons (Fsp3) is 0.250. The zero-order valence-corrected chi connectivity index (χ0v) is 11.9. The molecule has 2 aromatic rings. The van der Waals surface area contributed by atoms with Crippen molar-refractivity contribution in [1.29, 1.82) is 0 Å². The topological polar surface area (TPSA) is 29.3 Å². The van der Waals surface area contributed by atoms with E-state index in [-0.39, 0.29) is 0 Å². The highest BCUT2D eigenvalue weighted by molar-refractivity contribution is 9.10. The number of hydrogen-bond acceptors (Lipinski definition) is 3. The van der Waals surface area contributed by atoms with Crippen molar-refractivity contribution in [2.45, 2.75) is 13.5 Å². The number of furan rings is 1. The number of aryl methyl sites for hydroxylation is 1. The summed E-state index contributed by atoms with van der Waals surface area (Å²) < 4.78 is 6.15. The van der Waals surface area contributed by atoms with Crippen LogP contribution in [0, 0.1) is 6.92 Å². The van der Waals surface area contributed by atoms with E-state index in [4.69, 9.17) is 16.0 Å². The molecule has 0 N–H and O–H groups in total. The molecule has 3 nitrogen and oxygen atoms in total. The van der Waals surface area contributed by atoms with Gasteiger partial charge in [-0.3, -0.25) is 0 Å². The van der Waals surface area contributed by atoms with Crippen molar-refractivity contribution < 1.29 is 4.42 Å². The molecule has 0 aliphatic heterocycles. The van der Waals surface area contributed by atoms with Crippen molar-refractivity contribution in [3.05, 3.63) is 45.4 Å². The monoisotopic (exact) mass is 314 g/mol. The summed E-state index contributed by atoms with van der Waals surface area (Å²) in [5, 5.41) is 0.619. The van der Waals surface area contributed by atoms with E-state index in [1.165, 1.54) is 0 Å². The van der Waals surface area contributed by atoms with Crippen LogP contribution in [0.1, 0.15) is 11.3 Å². The minimum absolute atomic E-state index is 0.619. The van der Waals surface area contributed by atoms with Crippen LogP contribution < -0.4 is 4.90 Å². The molecular formula is C12H12BrClN2O. The molecule has 2 heterocycles. The van der Waals surface area contributed by atoms with Crippen LogP contribution in [-0.4, -0.2) is 12.0 Å². The molecule has 0 spiro atoms. The second kappa shape index (κ2) is 5.10. The molecule has 90 valence electrons. The van der Waals surface area contributed by atoms with Gasteiger partial charge in [0.1, 0.15) is 11.6 Å². The maximum atomic E-state index is 5.86. The van der Waals surface area contributed by atoms with Crippen LogP contribution in [0.25, 0.3) is 0 Å². The van der Waals surface area contributed by atoms with Crippen LogP contribution >= 0.6 is 27.5 Å². The van der Waals surface area contributed by atoms with E-state index in [1.54, 1.807) is 12.5 Å². The fourth-order valence-corrected chi connectivity index (χ4v) is 2.54. The van der Waals surface area contributed by atoms with Crippen molar-refractivity contribution >= 4 is 33.3 Å². The maximum Gasteiger partial charge on any atom is 0.143 e. The van der Waals surface area contributed by atoms with Gasteiger partial charge in [-0.25, -0.2) is 4.98 Å². The predicted octanol–water partition coefficient (Wildman–Crippen LogP) is 4.04. The van der Waals surface area contributed by atoms with Gasteiger partial charge in [0.15, 0.2) is 0 Å². The summed E-state index contributed by atoms with van der Waals surface area (Å²) >= 11 is 9.32. The third-order valence-electron chi connectivity index (χ3n) is 2.52. The molecule has 0 aromatic carbocycles. The lowest BCUT2D eigenvalue weighted by Gasteiger charge is -2.19. The molecule has 0 aliphatic rings. The lowest BCUT2D eigenvalue weighted by molar-refractivity contribution is 0.529. The van der Waals surface area contributed by atoms with Gasteiger partial charge in [-0.2, -0.15) is 0 Å². The molecule has 0 unspecified atom stereocenters. The highest BCUT2D eigenvalue weighted by atomic mass is 79.9. The maximum absolute atomic E-state index is 5.86. The summed E-state index contributed by atoms with van der Waals surface area (Å²) in [5.41, 5.74) is 1.15. The first-order valence-electron chi connectivity index (χ1n) is 5.13. The zero-order valence-electron chi connectivity index (χ0n) is 9.58. The standard InChI is InChI=1S/C12H12BrClN2O/c1-8-9(3-4-17-8)7-16(2)12-11(13)5-10(14)6-15-12/h3-6H,7H2,1-2H3. The molecule has 2 rings (SSSR count). The van der Waals surface area contributed by atoms with Crippen LogP contribution in [0.2, 0.25) is 5.02 Å².